The lowest BCUT2D eigenvalue weighted by atomic mass is 10.0. The van der Waals surface area contributed by atoms with Crippen molar-refractivity contribution in [1.82, 2.24) is 4.90 Å². The lowest BCUT2D eigenvalue weighted by Gasteiger charge is -2.39. The molecule has 1 saturated heterocycles. The minimum atomic E-state index is -1.82. The van der Waals surface area contributed by atoms with Crippen LogP contribution in [0.2, 0.25) is 18.1 Å². The van der Waals surface area contributed by atoms with Crippen LogP contribution in [0.4, 0.5) is 4.79 Å². The van der Waals surface area contributed by atoms with E-state index in [2.05, 4.69) is 40.8 Å². The van der Waals surface area contributed by atoms with Crippen LogP contribution in [0.15, 0.2) is 0 Å². The van der Waals surface area contributed by atoms with Crippen molar-refractivity contribution in [2.45, 2.75) is 84.7 Å². The fourth-order valence-corrected chi connectivity index (χ4v) is 3.78. The van der Waals surface area contributed by atoms with Crippen LogP contribution in [-0.4, -0.2) is 44.1 Å². The summed E-state index contributed by atoms with van der Waals surface area (Å²) in [5.74, 6) is 0.404. The number of likely N-dealkylation sites (tertiary alicyclic amines) is 1. The molecule has 0 radical (unpaired) electrons. The third kappa shape index (κ3) is 4.98. The molecule has 0 N–H and O–H groups in total. The molecule has 1 amide bonds. The molecule has 0 aromatic rings. The highest BCUT2D eigenvalue weighted by Gasteiger charge is 2.44. The van der Waals surface area contributed by atoms with Gasteiger partial charge in [-0.2, -0.15) is 0 Å². The molecule has 0 bridgehead atoms. The predicted molar refractivity (Wildman–Crippen MR) is 93.7 cm³/mol. The second-order valence-electron chi connectivity index (χ2n) is 8.97. The van der Waals surface area contributed by atoms with Gasteiger partial charge in [0.2, 0.25) is 0 Å². The molecule has 0 aliphatic carbocycles. The van der Waals surface area contributed by atoms with Gasteiger partial charge in [-0.15, -0.1) is 0 Å². The van der Waals surface area contributed by atoms with Crippen LogP contribution in [0.25, 0.3) is 0 Å². The van der Waals surface area contributed by atoms with E-state index in [-0.39, 0.29) is 17.2 Å². The lowest BCUT2D eigenvalue weighted by molar-refractivity contribution is 0.0272. The molecule has 0 spiro atoms. The van der Waals surface area contributed by atoms with Crippen molar-refractivity contribution in [3.05, 3.63) is 0 Å². The summed E-state index contributed by atoms with van der Waals surface area (Å²) in [6.45, 7) is 20.6. The van der Waals surface area contributed by atoms with Gasteiger partial charge in [-0.3, -0.25) is 0 Å². The maximum Gasteiger partial charge on any atom is 0.410 e. The number of hydrogen-bond donors (Lipinski definition) is 0. The molecule has 1 aliphatic heterocycles. The fourth-order valence-electron chi connectivity index (χ4n) is 2.40. The quantitative estimate of drug-likeness (QED) is 0.707. The Balaban J connectivity index is 2.76. The summed E-state index contributed by atoms with van der Waals surface area (Å²) >= 11 is 0. The molecule has 22 heavy (non-hydrogen) atoms. The smallest absolute Gasteiger partial charge is 0.410 e. The maximum absolute atomic E-state index is 12.3. The first-order valence-corrected chi connectivity index (χ1v) is 11.3. The lowest BCUT2D eigenvalue weighted by Crippen LogP contribution is -2.46. The Bertz CT molecular complexity index is 396. The monoisotopic (exact) mass is 329 g/mol. The van der Waals surface area contributed by atoms with Crippen LogP contribution in [0.5, 0.6) is 0 Å². The Morgan fingerprint density at radius 3 is 2.09 bits per heavy atom. The Labute approximate surface area is 137 Å². The van der Waals surface area contributed by atoms with Gasteiger partial charge in [0.05, 0.1) is 6.10 Å². The number of carbonyl (C=O) groups excluding carboxylic acids is 1. The molecule has 0 aromatic heterocycles. The van der Waals surface area contributed by atoms with Gasteiger partial charge in [0.15, 0.2) is 8.32 Å². The van der Waals surface area contributed by atoms with E-state index in [0.717, 1.165) is 13.0 Å². The van der Waals surface area contributed by atoms with Gasteiger partial charge < -0.3 is 14.1 Å². The first-order valence-electron chi connectivity index (χ1n) is 8.42. The summed E-state index contributed by atoms with van der Waals surface area (Å²) in [6.07, 6.45) is 0.948. The molecule has 1 fully saturated rings. The Morgan fingerprint density at radius 2 is 1.68 bits per heavy atom. The average molecular weight is 330 g/mol. The van der Waals surface area contributed by atoms with Crippen molar-refractivity contribution in [2.24, 2.45) is 5.92 Å². The zero-order valence-electron chi connectivity index (χ0n) is 15.9. The molecule has 1 heterocycles. The maximum atomic E-state index is 12.3. The van der Waals surface area contributed by atoms with Gasteiger partial charge in [0.1, 0.15) is 5.60 Å². The molecule has 4 nitrogen and oxygen atoms in total. The molecular formula is C17H35NO3Si. The standard InChI is InChI=1S/C17H35NO3Si/c1-10-13-11-18(15(19)20-16(2,3)4)12-14(13)21-22(8,9)17(5,6)7/h13-14H,10-12H2,1-9H3/t13-,14-/m0/s1. The van der Waals surface area contributed by atoms with Gasteiger partial charge in [0, 0.05) is 19.0 Å². The summed E-state index contributed by atoms with van der Waals surface area (Å²) in [7, 11) is -1.82. The fraction of sp³-hybridized carbons (Fsp3) is 0.941. The Kier molecular flexibility index (Phi) is 5.77. The first kappa shape index (κ1) is 19.5. The Morgan fingerprint density at radius 1 is 1.14 bits per heavy atom. The summed E-state index contributed by atoms with van der Waals surface area (Å²) in [4.78, 5) is 14.1. The van der Waals surface area contributed by atoms with Crippen molar-refractivity contribution in [3.8, 4) is 0 Å². The third-order valence-electron chi connectivity index (χ3n) is 4.81. The largest absolute Gasteiger partial charge is 0.444 e. The van der Waals surface area contributed by atoms with Crippen molar-refractivity contribution in [2.75, 3.05) is 13.1 Å². The highest BCUT2D eigenvalue weighted by molar-refractivity contribution is 6.74. The zero-order chi connectivity index (χ0) is 17.3. The van der Waals surface area contributed by atoms with E-state index in [0.29, 0.717) is 12.5 Å². The van der Waals surface area contributed by atoms with Crippen molar-refractivity contribution in [3.63, 3.8) is 0 Å². The number of hydrogen-bond acceptors (Lipinski definition) is 3. The van der Waals surface area contributed by atoms with Crippen LogP contribution >= 0.6 is 0 Å². The molecular weight excluding hydrogens is 294 g/mol. The second kappa shape index (κ2) is 6.52. The second-order valence-corrected chi connectivity index (χ2v) is 13.7. The van der Waals surface area contributed by atoms with Crippen LogP contribution in [0.3, 0.4) is 0 Å². The normalized spacial score (nSPS) is 23.8. The molecule has 1 aliphatic rings. The Hall–Kier alpha value is -0.553. The minimum Gasteiger partial charge on any atom is -0.444 e. The van der Waals surface area contributed by atoms with Crippen LogP contribution in [0, 0.1) is 5.92 Å². The number of carbonyl (C=O) groups is 1. The highest BCUT2D eigenvalue weighted by atomic mass is 28.4. The number of ether oxygens (including phenoxy) is 1. The zero-order valence-corrected chi connectivity index (χ0v) is 16.9. The topological polar surface area (TPSA) is 38.8 Å². The first-order chi connectivity index (χ1) is 9.77. The molecule has 0 saturated carbocycles. The van der Waals surface area contributed by atoms with E-state index in [9.17, 15) is 4.79 Å². The number of nitrogens with zero attached hydrogens (tertiary/aromatic N) is 1. The van der Waals surface area contributed by atoms with Crippen LogP contribution in [0.1, 0.15) is 54.9 Å². The number of rotatable bonds is 3. The predicted octanol–water partition coefficient (Wildman–Crippen LogP) is 4.65. The van der Waals surface area contributed by atoms with E-state index in [4.69, 9.17) is 9.16 Å². The minimum absolute atomic E-state index is 0.137. The van der Waals surface area contributed by atoms with Gasteiger partial charge in [-0.1, -0.05) is 27.7 Å². The molecule has 5 heteroatoms. The third-order valence-corrected chi connectivity index (χ3v) is 9.31. The summed E-state index contributed by atoms with van der Waals surface area (Å²) in [6, 6.07) is 0. The van der Waals surface area contributed by atoms with E-state index in [1.807, 2.05) is 25.7 Å². The van der Waals surface area contributed by atoms with Crippen LogP contribution in [-0.2, 0) is 9.16 Å². The SMILES string of the molecule is CC[C@H]1CN(C(=O)OC(C)(C)C)C[C@@H]1O[Si](C)(C)C(C)(C)C. The molecule has 0 aromatic carbocycles. The van der Waals surface area contributed by atoms with Crippen LogP contribution < -0.4 is 0 Å². The van der Waals surface area contributed by atoms with Gasteiger partial charge in [-0.05, 0) is 45.3 Å². The molecule has 2 atom stereocenters. The highest BCUT2D eigenvalue weighted by Crippen LogP contribution is 2.39. The van der Waals surface area contributed by atoms with Crippen molar-refractivity contribution >= 4 is 14.4 Å². The van der Waals surface area contributed by atoms with Gasteiger partial charge in [0.25, 0.3) is 0 Å². The summed E-state index contributed by atoms with van der Waals surface area (Å²) in [5, 5.41) is 0.185. The van der Waals surface area contributed by atoms with Crippen molar-refractivity contribution < 1.29 is 14.0 Å². The summed E-state index contributed by atoms with van der Waals surface area (Å²) < 4.78 is 12.1. The van der Waals surface area contributed by atoms with Gasteiger partial charge >= 0.3 is 6.09 Å². The average Bonchev–Trinajstić information content (AvgIpc) is 2.67. The molecule has 0 unspecified atom stereocenters. The van der Waals surface area contributed by atoms with E-state index >= 15 is 0 Å². The van der Waals surface area contributed by atoms with Gasteiger partial charge in [-0.25, -0.2) is 4.79 Å². The molecule has 1 rings (SSSR count). The van der Waals surface area contributed by atoms with E-state index in [1.54, 1.807) is 0 Å². The van der Waals surface area contributed by atoms with E-state index in [1.165, 1.54) is 0 Å². The van der Waals surface area contributed by atoms with E-state index < -0.39 is 13.9 Å². The number of amides is 1. The molecule has 130 valence electrons. The summed E-state index contributed by atoms with van der Waals surface area (Å²) in [5.41, 5.74) is -0.447. The van der Waals surface area contributed by atoms with Crippen molar-refractivity contribution in [1.29, 1.82) is 0 Å².